The second-order valence-corrected chi connectivity index (χ2v) is 7.06. The smallest absolute Gasteiger partial charge is 0.327 e. The number of ether oxygens (including phenoxy) is 1. The lowest BCUT2D eigenvalue weighted by Gasteiger charge is -2.10. The van der Waals surface area contributed by atoms with E-state index in [2.05, 4.69) is 31.0 Å². The molecule has 0 unspecified atom stereocenters. The van der Waals surface area contributed by atoms with Crippen molar-refractivity contribution >= 4 is 29.6 Å². The van der Waals surface area contributed by atoms with E-state index in [9.17, 15) is 14.0 Å². The number of aromatic nitrogens is 4. The summed E-state index contributed by atoms with van der Waals surface area (Å²) in [5, 5.41) is 12.1. The number of imide groups is 1. The molecule has 0 atom stereocenters. The van der Waals surface area contributed by atoms with Gasteiger partial charge < -0.3 is 15.4 Å². The minimum Gasteiger partial charge on any atom is -0.424 e. The molecule has 1 aromatic carbocycles. The Morgan fingerprint density at radius 2 is 2.10 bits per heavy atom. The van der Waals surface area contributed by atoms with Gasteiger partial charge in [-0.1, -0.05) is 0 Å². The van der Waals surface area contributed by atoms with Gasteiger partial charge in [0, 0.05) is 11.6 Å². The van der Waals surface area contributed by atoms with E-state index in [1.807, 2.05) is 0 Å². The second-order valence-electron chi connectivity index (χ2n) is 7.06. The Hall–Kier alpha value is -4.02. The van der Waals surface area contributed by atoms with E-state index in [1.165, 1.54) is 35.0 Å². The summed E-state index contributed by atoms with van der Waals surface area (Å²) in [6.45, 7) is 1.72. The van der Waals surface area contributed by atoms with Crippen molar-refractivity contribution in [1.82, 2.24) is 30.2 Å². The van der Waals surface area contributed by atoms with E-state index >= 15 is 0 Å². The van der Waals surface area contributed by atoms with Crippen LogP contribution in [0.15, 0.2) is 30.1 Å². The fourth-order valence-electron chi connectivity index (χ4n) is 2.99. The van der Waals surface area contributed by atoms with Gasteiger partial charge in [0.1, 0.15) is 17.3 Å². The summed E-state index contributed by atoms with van der Waals surface area (Å²) in [5.41, 5.74) is 1.55. The van der Waals surface area contributed by atoms with Crippen LogP contribution in [-0.4, -0.2) is 37.6 Å². The Bertz CT molecular complexity index is 1230. The standard InChI is InChI=1S/C19H16FN7O3/c1-9-6-11(20)2-5-14(9)30-19-24-15-10(7-13-16(28)25-18(29)23-13)8-21-27(15)17(26-19)22-12-3-4-12/h2,5-8,12H,3-4H2,1H3,(H,22,24,26)(H2,23,25,28,29)/b13-7-. The molecule has 30 heavy (non-hydrogen) atoms. The number of benzene rings is 1. The Balaban J connectivity index is 1.58. The summed E-state index contributed by atoms with van der Waals surface area (Å²) >= 11 is 0. The quantitative estimate of drug-likeness (QED) is 0.436. The van der Waals surface area contributed by atoms with Crippen molar-refractivity contribution in [2.75, 3.05) is 5.32 Å². The molecule has 1 saturated heterocycles. The largest absolute Gasteiger partial charge is 0.424 e. The maximum atomic E-state index is 13.4. The van der Waals surface area contributed by atoms with E-state index in [0.717, 1.165) is 12.8 Å². The van der Waals surface area contributed by atoms with E-state index in [0.29, 0.717) is 28.5 Å². The van der Waals surface area contributed by atoms with Crippen LogP contribution in [0.1, 0.15) is 24.0 Å². The van der Waals surface area contributed by atoms with Gasteiger partial charge >= 0.3 is 12.0 Å². The van der Waals surface area contributed by atoms with Gasteiger partial charge in [0.15, 0.2) is 5.65 Å². The number of fused-ring (bicyclic) bond motifs is 1. The number of aryl methyl sites for hydroxylation is 1. The van der Waals surface area contributed by atoms with Gasteiger partial charge in [0.2, 0.25) is 5.95 Å². The Morgan fingerprint density at radius 3 is 2.80 bits per heavy atom. The molecule has 1 aliphatic heterocycles. The molecule has 3 heterocycles. The Kier molecular flexibility index (Phi) is 4.09. The molecule has 0 bridgehead atoms. The van der Waals surface area contributed by atoms with Crippen molar-refractivity contribution in [2.45, 2.75) is 25.8 Å². The lowest BCUT2D eigenvalue weighted by Crippen LogP contribution is -2.22. The summed E-state index contributed by atoms with van der Waals surface area (Å²) in [4.78, 5) is 32.0. The van der Waals surface area contributed by atoms with Crippen molar-refractivity contribution in [2.24, 2.45) is 0 Å². The third-order valence-electron chi connectivity index (χ3n) is 4.64. The summed E-state index contributed by atoms with van der Waals surface area (Å²) < 4.78 is 20.7. The zero-order valence-corrected chi connectivity index (χ0v) is 15.8. The van der Waals surface area contributed by atoms with E-state index in [4.69, 9.17) is 4.74 Å². The van der Waals surface area contributed by atoms with Gasteiger partial charge in [-0.2, -0.15) is 19.6 Å². The molecular formula is C19H16FN7O3. The van der Waals surface area contributed by atoms with Crippen molar-refractivity contribution in [3.63, 3.8) is 0 Å². The predicted molar refractivity (Wildman–Crippen MR) is 103 cm³/mol. The van der Waals surface area contributed by atoms with Crippen molar-refractivity contribution in [3.8, 4) is 11.8 Å². The minimum atomic E-state index is -0.593. The molecule has 0 radical (unpaired) electrons. The van der Waals surface area contributed by atoms with E-state index in [1.54, 1.807) is 6.92 Å². The predicted octanol–water partition coefficient (Wildman–Crippen LogP) is 2.12. The highest BCUT2D eigenvalue weighted by molar-refractivity contribution is 6.14. The highest BCUT2D eigenvalue weighted by atomic mass is 19.1. The molecule has 1 aliphatic carbocycles. The maximum Gasteiger partial charge on any atom is 0.327 e. The second kappa shape index (κ2) is 6.79. The molecule has 0 spiro atoms. The van der Waals surface area contributed by atoms with Crippen LogP contribution < -0.4 is 20.7 Å². The van der Waals surface area contributed by atoms with Crippen LogP contribution >= 0.6 is 0 Å². The van der Waals surface area contributed by atoms with Gasteiger partial charge in [-0.25, -0.2) is 9.18 Å². The van der Waals surface area contributed by atoms with Crippen molar-refractivity contribution in [1.29, 1.82) is 0 Å². The van der Waals surface area contributed by atoms with Gasteiger partial charge in [-0.05, 0) is 49.6 Å². The fraction of sp³-hybridized carbons (Fsp3) is 0.211. The maximum absolute atomic E-state index is 13.4. The Labute approximate surface area is 169 Å². The molecule has 3 amide bonds. The highest BCUT2D eigenvalue weighted by Gasteiger charge is 2.26. The fourth-order valence-corrected chi connectivity index (χ4v) is 2.99. The number of nitrogens with one attached hydrogen (secondary N) is 3. The molecule has 3 aromatic rings. The Morgan fingerprint density at radius 1 is 1.27 bits per heavy atom. The molecule has 2 aliphatic rings. The molecular weight excluding hydrogens is 393 g/mol. The lowest BCUT2D eigenvalue weighted by atomic mass is 10.2. The molecule has 3 N–H and O–H groups in total. The molecule has 10 nitrogen and oxygen atoms in total. The van der Waals surface area contributed by atoms with Crippen LogP contribution in [0.2, 0.25) is 0 Å². The van der Waals surface area contributed by atoms with Gasteiger partial charge in [-0.15, -0.1) is 0 Å². The molecule has 2 aromatic heterocycles. The van der Waals surface area contributed by atoms with Gasteiger partial charge in [-0.3, -0.25) is 10.1 Å². The van der Waals surface area contributed by atoms with Crippen LogP contribution in [0.25, 0.3) is 11.7 Å². The number of anilines is 1. The number of amides is 3. The minimum absolute atomic E-state index is 0.0421. The first-order chi connectivity index (χ1) is 14.5. The van der Waals surface area contributed by atoms with Crippen LogP contribution in [-0.2, 0) is 4.79 Å². The van der Waals surface area contributed by atoms with Crippen molar-refractivity contribution < 1.29 is 18.7 Å². The zero-order valence-electron chi connectivity index (χ0n) is 15.8. The number of hydrogen-bond acceptors (Lipinski definition) is 7. The molecule has 2 fully saturated rings. The average Bonchev–Trinajstić information content (AvgIpc) is 3.33. The number of halogens is 1. The highest BCUT2D eigenvalue weighted by Crippen LogP contribution is 2.28. The summed E-state index contributed by atoms with van der Waals surface area (Å²) in [5.74, 6) is -0.0566. The summed E-state index contributed by atoms with van der Waals surface area (Å²) in [6.07, 6.45) is 5.02. The normalized spacial score (nSPS) is 17.3. The van der Waals surface area contributed by atoms with Crippen LogP contribution in [0.3, 0.4) is 0 Å². The number of carbonyl (C=O) groups is 2. The summed E-state index contributed by atoms with van der Waals surface area (Å²) in [6, 6.07) is 3.89. The average molecular weight is 409 g/mol. The topological polar surface area (TPSA) is 123 Å². The SMILES string of the molecule is Cc1cc(F)ccc1Oc1nc(NC2CC2)n2ncc(/C=C3\NC(=O)NC3=O)c2n1. The molecule has 152 valence electrons. The van der Waals surface area contributed by atoms with E-state index in [-0.39, 0.29) is 23.6 Å². The molecule has 5 rings (SSSR count). The van der Waals surface area contributed by atoms with Gasteiger partial charge in [0.25, 0.3) is 5.91 Å². The number of nitrogens with zero attached hydrogens (tertiary/aromatic N) is 4. The zero-order chi connectivity index (χ0) is 20.8. The first-order valence-corrected chi connectivity index (χ1v) is 9.26. The van der Waals surface area contributed by atoms with Crippen LogP contribution in [0.4, 0.5) is 15.1 Å². The summed E-state index contributed by atoms with van der Waals surface area (Å²) in [7, 11) is 0. The number of rotatable bonds is 5. The van der Waals surface area contributed by atoms with Crippen molar-refractivity contribution in [3.05, 3.63) is 47.0 Å². The van der Waals surface area contributed by atoms with Gasteiger partial charge in [0.05, 0.1) is 6.20 Å². The first kappa shape index (κ1) is 18.0. The third kappa shape index (κ3) is 3.41. The number of hydrogen-bond donors (Lipinski definition) is 3. The van der Waals surface area contributed by atoms with Crippen LogP contribution in [0.5, 0.6) is 11.8 Å². The molecule has 1 saturated carbocycles. The van der Waals surface area contributed by atoms with Crippen LogP contribution in [0, 0.1) is 12.7 Å². The third-order valence-corrected chi connectivity index (χ3v) is 4.64. The lowest BCUT2D eigenvalue weighted by molar-refractivity contribution is -0.115. The monoisotopic (exact) mass is 409 g/mol. The molecule has 11 heteroatoms. The number of urea groups is 1. The number of carbonyl (C=O) groups excluding carboxylic acids is 2. The first-order valence-electron chi connectivity index (χ1n) is 9.26. The van der Waals surface area contributed by atoms with E-state index < -0.39 is 11.9 Å².